The zero-order valence-corrected chi connectivity index (χ0v) is 11.5. The van der Waals surface area contributed by atoms with Gasteiger partial charge in [0.05, 0.1) is 0 Å². The number of hydrogen-bond acceptors (Lipinski definition) is 4. The molecule has 96 valence electrons. The Morgan fingerprint density at radius 1 is 1.22 bits per heavy atom. The molecule has 0 amide bonds. The molecule has 0 N–H and O–H groups in total. The van der Waals surface area contributed by atoms with Crippen molar-refractivity contribution in [2.24, 2.45) is 0 Å². The predicted octanol–water partition coefficient (Wildman–Crippen LogP) is 3.03. The molecule has 2 rings (SSSR count). The van der Waals surface area contributed by atoms with Gasteiger partial charge in [-0.2, -0.15) is 0 Å². The Kier molecular flexibility index (Phi) is 3.45. The van der Waals surface area contributed by atoms with Gasteiger partial charge >= 0.3 is 0 Å². The largest absolute Gasteiger partial charge is 0.356 e. The van der Waals surface area contributed by atoms with E-state index in [-0.39, 0.29) is 5.75 Å². The lowest BCUT2D eigenvalue weighted by Crippen LogP contribution is -1.94. The third kappa shape index (κ3) is 3.11. The van der Waals surface area contributed by atoms with E-state index < -0.39 is 9.05 Å². The molecule has 1 heterocycles. The van der Waals surface area contributed by atoms with E-state index in [1.807, 2.05) is 32.0 Å². The van der Waals surface area contributed by atoms with E-state index in [0.29, 0.717) is 11.5 Å². The van der Waals surface area contributed by atoms with E-state index in [1.165, 1.54) is 5.56 Å². The lowest BCUT2D eigenvalue weighted by molar-refractivity contribution is 0.426. The number of hydrogen-bond donors (Lipinski definition) is 0. The molecule has 0 bridgehead atoms. The van der Waals surface area contributed by atoms with Gasteiger partial charge in [0.15, 0.2) is 5.76 Å². The van der Waals surface area contributed by atoms with Gasteiger partial charge in [0.25, 0.3) is 0 Å². The van der Waals surface area contributed by atoms with Crippen molar-refractivity contribution in [3.63, 3.8) is 0 Å². The average Bonchev–Trinajstić information content (AvgIpc) is 2.68. The van der Waals surface area contributed by atoms with Gasteiger partial charge < -0.3 is 4.52 Å². The molecular weight excluding hydrogens is 274 g/mol. The van der Waals surface area contributed by atoms with E-state index >= 15 is 0 Å². The molecule has 0 fully saturated rings. The van der Waals surface area contributed by atoms with Crippen LogP contribution in [0.4, 0.5) is 0 Å². The first-order chi connectivity index (χ1) is 8.35. The summed E-state index contributed by atoms with van der Waals surface area (Å²) in [4.78, 5) is 0. The normalized spacial score (nSPS) is 11.7. The molecule has 4 nitrogen and oxygen atoms in total. The molecule has 0 atom stereocenters. The molecule has 0 saturated carbocycles. The van der Waals surface area contributed by atoms with E-state index in [9.17, 15) is 8.42 Å². The standard InChI is InChI=1S/C12H12ClNO3S/c1-8-3-4-10(5-9(8)2)12-6-11(14-17-12)7-18(13,15)16/h3-6H,7H2,1-2H3. The Bertz CT molecular complexity index is 676. The Balaban J connectivity index is 2.32. The van der Waals surface area contributed by atoms with Gasteiger partial charge in [0.1, 0.15) is 11.4 Å². The topological polar surface area (TPSA) is 60.2 Å². The first-order valence-corrected chi connectivity index (χ1v) is 7.78. The number of halogens is 1. The third-order valence-corrected chi connectivity index (χ3v) is 3.64. The van der Waals surface area contributed by atoms with Crippen LogP contribution in [0.1, 0.15) is 16.8 Å². The summed E-state index contributed by atoms with van der Waals surface area (Å²) in [5.74, 6) is 0.205. The van der Waals surface area contributed by atoms with Gasteiger partial charge in [-0.1, -0.05) is 17.3 Å². The fourth-order valence-electron chi connectivity index (χ4n) is 1.59. The Hall–Kier alpha value is -1.33. The second kappa shape index (κ2) is 4.74. The maximum Gasteiger partial charge on any atom is 0.238 e. The lowest BCUT2D eigenvalue weighted by Gasteiger charge is -2.01. The SMILES string of the molecule is Cc1ccc(-c2cc(CS(=O)(=O)Cl)no2)cc1C. The molecule has 0 aliphatic rings. The van der Waals surface area contributed by atoms with Gasteiger partial charge in [-0.05, 0) is 31.0 Å². The fraction of sp³-hybridized carbons (Fsp3) is 0.250. The van der Waals surface area contributed by atoms with Gasteiger partial charge in [0, 0.05) is 22.3 Å². The van der Waals surface area contributed by atoms with Crippen LogP contribution in [-0.4, -0.2) is 13.6 Å². The quantitative estimate of drug-likeness (QED) is 0.813. The Morgan fingerprint density at radius 3 is 2.56 bits per heavy atom. The molecule has 0 saturated heterocycles. The minimum atomic E-state index is -3.61. The number of aromatic nitrogens is 1. The van der Waals surface area contributed by atoms with Gasteiger partial charge in [0.2, 0.25) is 9.05 Å². The highest BCUT2D eigenvalue weighted by molar-refractivity contribution is 8.13. The van der Waals surface area contributed by atoms with E-state index in [4.69, 9.17) is 15.2 Å². The number of aryl methyl sites for hydroxylation is 2. The number of rotatable bonds is 3. The van der Waals surface area contributed by atoms with E-state index in [2.05, 4.69) is 5.16 Å². The monoisotopic (exact) mass is 285 g/mol. The van der Waals surface area contributed by atoms with Crippen molar-refractivity contribution in [1.29, 1.82) is 0 Å². The molecule has 1 aromatic heterocycles. The third-order valence-electron chi connectivity index (χ3n) is 2.67. The summed E-state index contributed by atoms with van der Waals surface area (Å²) in [7, 11) is 1.55. The highest BCUT2D eigenvalue weighted by atomic mass is 35.7. The van der Waals surface area contributed by atoms with Gasteiger partial charge in [-0.3, -0.25) is 0 Å². The maximum atomic E-state index is 10.9. The second-order valence-electron chi connectivity index (χ2n) is 4.16. The van der Waals surface area contributed by atoms with Crippen molar-refractivity contribution >= 4 is 19.7 Å². The summed E-state index contributed by atoms with van der Waals surface area (Å²) in [6.45, 7) is 4.02. The molecule has 0 unspecified atom stereocenters. The summed E-state index contributed by atoms with van der Waals surface area (Å²) in [6, 6.07) is 7.44. The minimum Gasteiger partial charge on any atom is -0.356 e. The van der Waals surface area contributed by atoms with Crippen LogP contribution in [0.15, 0.2) is 28.8 Å². The first-order valence-electron chi connectivity index (χ1n) is 5.31. The van der Waals surface area contributed by atoms with E-state index in [0.717, 1.165) is 11.1 Å². The van der Waals surface area contributed by atoms with Crippen molar-refractivity contribution in [2.45, 2.75) is 19.6 Å². The smallest absolute Gasteiger partial charge is 0.238 e. The molecule has 0 radical (unpaired) electrons. The Morgan fingerprint density at radius 2 is 1.94 bits per heavy atom. The summed E-state index contributed by atoms with van der Waals surface area (Å²) in [6.07, 6.45) is 0. The molecule has 0 aliphatic heterocycles. The second-order valence-corrected chi connectivity index (χ2v) is 6.94. The van der Waals surface area contributed by atoms with Crippen LogP contribution < -0.4 is 0 Å². The number of nitrogens with zero attached hydrogens (tertiary/aromatic N) is 1. The highest BCUT2D eigenvalue weighted by Gasteiger charge is 2.13. The molecule has 0 spiro atoms. The van der Waals surface area contributed by atoms with Crippen molar-refractivity contribution in [1.82, 2.24) is 5.16 Å². The molecule has 2 aromatic rings. The van der Waals surface area contributed by atoms with Crippen molar-refractivity contribution < 1.29 is 12.9 Å². The van der Waals surface area contributed by atoms with Crippen LogP contribution in [0, 0.1) is 13.8 Å². The molecular formula is C12H12ClNO3S. The van der Waals surface area contributed by atoms with Crippen LogP contribution in [0.2, 0.25) is 0 Å². The molecule has 1 aromatic carbocycles. The Labute approximate surface area is 110 Å². The summed E-state index contributed by atoms with van der Waals surface area (Å²) in [5, 5.41) is 3.69. The zero-order valence-electron chi connectivity index (χ0n) is 9.97. The van der Waals surface area contributed by atoms with Crippen molar-refractivity contribution in [2.75, 3.05) is 0 Å². The zero-order chi connectivity index (χ0) is 13.3. The van der Waals surface area contributed by atoms with Crippen LogP contribution in [-0.2, 0) is 14.8 Å². The highest BCUT2D eigenvalue weighted by Crippen LogP contribution is 2.23. The first kappa shape index (κ1) is 13.1. The van der Waals surface area contributed by atoms with Crippen LogP contribution in [0.3, 0.4) is 0 Å². The van der Waals surface area contributed by atoms with Gasteiger partial charge in [-0.25, -0.2) is 8.42 Å². The van der Waals surface area contributed by atoms with Crippen LogP contribution in [0.25, 0.3) is 11.3 Å². The lowest BCUT2D eigenvalue weighted by atomic mass is 10.0. The summed E-state index contributed by atoms with van der Waals surface area (Å²) in [5.41, 5.74) is 3.49. The van der Waals surface area contributed by atoms with Crippen molar-refractivity contribution in [3.05, 3.63) is 41.1 Å². The molecule has 18 heavy (non-hydrogen) atoms. The molecule has 0 aliphatic carbocycles. The summed E-state index contributed by atoms with van der Waals surface area (Å²) < 4.78 is 27.0. The minimum absolute atomic E-state index is 0.304. The molecule has 6 heteroatoms. The van der Waals surface area contributed by atoms with Crippen LogP contribution in [0.5, 0.6) is 0 Å². The van der Waals surface area contributed by atoms with Crippen LogP contribution >= 0.6 is 10.7 Å². The van der Waals surface area contributed by atoms with Gasteiger partial charge in [-0.15, -0.1) is 0 Å². The number of benzene rings is 1. The predicted molar refractivity (Wildman–Crippen MR) is 69.9 cm³/mol. The van der Waals surface area contributed by atoms with Crippen molar-refractivity contribution in [3.8, 4) is 11.3 Å². The van der Waals surface area contributed by atoms with E-state index in [1.54, 1.807) is 6.07 Å². The summed E-state index contributed by atoms with van der Waals surface area (Å²) >= 11 is 0. The fourth-order valence-corrected chi connectivity index (χ4v) is 2.41. The average molecular weight is 286 g/mol. The maximum absolute atomic E-state index is 10.9.